The Morgan fingerprint density at radius 1 is 0.756 bits per heavy atom. The molecule has 210 valence electrons. The summed E-state index contributed by atoms with van der Waals surface area (Å²) in [6.45, 7) is 0.847. The number of hydrogen-bond acceptors (Lipinski definition) is 6. The van der Waals surface area contributed by atoms with Crippen LogP contribution in [-0.4, -0.2) is 58.3 Å². The minimum atomic E-state index is -1.53. The Hall–Kier alpha value is -4.30. The number of rotatable bonds is 10. The lowest BCUT2D eigenvalue weighted by Gasteiger charge is -2.49. The van der Waals surface area contributed by atoms with E-state index in [-0.39, 0.29) is 13.2 Å². The zero-order valence-electron chi connectivity index (χ0n) is 23.0. The van der Waals surface area contributed by atoms with Crippen LogP contribution >= 0.6 is 0 Å². The summed E-state index contributed by atoms with van der Waals surface area (Å²) in [6, 6.07) is 37.7. The molecule has 0 aromatic heterocycles. The number of benzene rings is 4. The van der Waals surface area contributed by atoms with Crippen molar-refractivity contribution in [2.24, 2.45) is 0 Å². The molecule has 1 aliphatic heterocycles. The number of carbonyl (C=O) groups is 2. The summed E-state index contributed by atoms with van der Waals surface area (Å²) in [6.07, 6.45) is -4.33. The van der Waals surface area contributed by atoms with Crippen molar-refractivity contribution in [2.75, 3.05) is 7.05 Å². The Kier molecular flexibility index (Phi) is 9.21. The Morgan fingerprint density at radius 3 is 1.85 bits per heavy atom. The maximum Gasteiger partial charge on any atom is 0.338 e. The Balaban J connectivity index is 1.53. The highest BCUT2D eigenvalue weighted by Crippen LogP contribution is 2.31. The maximum atomic E-state index is 13.8. The molecule has 1 N–H and O–H groups in total. The molecule has 1 amide bonds. The van der Waals surface area contributed by atoms with Gasteiger partial charge in [0.05, 0.1) is 12.2 Å². The maximum absolute atomic E-state index is 13.8. The highest BCUT2D eigenvalue weighted by atomic mass is 16.6. The van der Waals surface area contributed by atoms with E-state index < -0.39 is 36.4 Å². The van der Waals surface area contributed by atoms with Crippen LogP contribution in [0.1, 0.15) is 27.0 Å². The Labute approximate surface area is 240 Å². The molecular weight excluding hydrogens is 516 g/mol. The quantitative estimate of drug-likeness (QED) is 0.290. The predicted octanol–water partition coefficient (Wildman–Crippen LogP) is 4.66. The van der Waals surface area contributed by atoms with E-state index in [9.17, 15) is 14.7 Å². The van der Waals surface area contributed by atoms with Crippen LogP contribution in [0.4, 0.5) is 0 Å². The molecule has 5 rings (SSSR count). The monoisotopic (exact) mass is 550 g/mol. The number of nitrogens with zero attached hydrogens (tertiary/aromatic N) is 2. The third-order valence-electron chi connectivity index (χ3n) is 7.24. The lowest BCUT2D eigenvalue weighted by atomic mass is 9.95. The van der Waals surface area contributed by atoms with Crippen LogP contribution in [0.2, 0.25) is 0 Å². The molecule has 0 unspecified atom stereocenters. The van der Waals surface area contributed by atoms with Crippen molar-refractivity contribution >= 4 is 11.9 Å². The van der Waals surface area contributed by atoms with Gasteiger partial charge in [0.2, 0.25) is 0 Å². The van der Waals surface area contributed by atoms with E-state index in [2.05, 4.69) is 0 Å². The SMILES string of the molecule is CN(Cc1ccccc1)[C@@H]1[C@H](OC(=O)c2ccccc2)[C@@H](OCc2ccccc2)[C@H](O)C(=O)N1Cc1ccccc1. The number of carbonyl (C=O) groups excluding carboxylic acids is 2. The summed E-state index contributed by atoms with van der Waals surface area (Å²) in [7, 11) is 1.89. The second-order valence-electron chi connectivity index (χ2n) is 10.2. The molecule has 1 heterocycles. The van der Waals surface area contributed by atoms with E-state index in [0.717, 1.165) is 16.7 Å². The van der Waals surface area contributed by atoms with Crippen molar-refractivity contribution in [1.29, 1.82) is 0 Å². The molecule has 1 saturated heterocycles. The molecule has 4 atom stereocenters. The molecule has 1 aliphatic rings. The van der Waals surface area contributed by atoms with E-state index in [4.69, 9.17) is 9.47 Å². The Morgan fingerprint density at radius 2 is 1.27 bits per heavy atom. The zero-order valence-corrected chi connectivity index (χ0v) is 23.0. The summed E-state index contributed by atoms with van der Waals surface area (Å²) >= 11 is 0. The summed E-state index contributed by atoms with van der Waals surface area (Å²) in [4.78, 5) is 30.8. The third-order valence-corrected chi connectivity index (χ3v) is 7.24. The molecule has 7 nitrogen and oxygen atoms in total. The first-order valence-electron chi connectivity index (χ1n) is 13.7. The van der Waals surface area contributed by atoms with Gasteiger partial charge in [-0.05, 0) is 35.9 Å². The topological polar surface area (TPSA) is 79.3 Å². The number of amides is 1. The fourth-order valence-corrected chi connectivity index (χ4v) is 5.22. The van der Waals surface area contributed by atoms with Crippen LogP contribution in [0.3, 0.4) is 0 Å². The van der Waals surface area contributed by atoms with E-state index in [0.29, 0.717) is 12.1 Å². The number of aliphatic hydroxyl groups excluding tert-OH is 1. The second-order valence-corrected chi connectivity index (χ2v) is 10.2. The van der Waals surface area contributed by atoms with Crippen molar-refractivity contribution in [3.63, 3.8) is 0 Å². The molecule has 4 aromatic carbocycles. The first-order valence-corrected chi connectivity index (χ1v) is 13.7. The van der Waals surface area contributed by atoms with Crippen LogP contribution in [0.5, 0.6) is 0 Å². The van der Waals surface area contributed by atoms with Crippen LogP contribution < -0.4 is 0 Å². The highest BCUT2D eigenvalue weighted by Gasteiger charge is 2.52. The Bertz CT molecular complexity index is 1400. The van der Waals surface area contributed by atoms with Crippen molar-refractivity contribution < 1.29 is 24.2 Å². The van der Waals surface area contributed by atoms with Crippen LogP contribution in [0, 0.1) is 0 Å². The van der Waals surface area contributed by atoms with Gasteiger partial charge in [-0.1, -0.05) is 109 Å². The standard InChI is InChI=1S/C34H34N2O5/c1-35(22-25-14-6-2-7-15-25)32-31(41-34(39)28-20-12-5-13-21-28)30(40-24-27-18-10-4-11-19-27)29(37)33(38)36(32)23-26-16-8-3-9-17-26/h2-21,29-32,37H,22-24H2,1H3/t29-,30-,31+,32-/m0/s1. The number of likely N-dealkylation sites (tertiary alicyclic amines) is 1. The minimum Gasteiger partial charge on any atom is -0.452 e. The fraction of sp³-hybridized carbons (Fsp3) is 0.235. The largest absolute Gasteiger partial charge is 0.452 e. The molecular formula is C34H34N2O5. The van der Waals surface area contributed by atoms with Crippen molar-refractivity contribution in [2.45, 2.75) is 44.2 Å². The zero-order chi connectivity index (χ0) is 28.6. The number of piperidine rings is 1. The first kappa shape index (κ1) is 28.2. The molecule has 0 spiro atoms. The normalized spacial score (nSPS) is 20.7. The van der Waals surface area contributed by atoms with Gasteiger partial charge in [0.25, 0.3) is 5.91 Å². The van der Waals surface area contributed by atoms with Gasteiger partial charge in [-0.2, -0.15) is 0 Å². The highest BCUT2D eigenvalue weighted by molar-refractivity contribution is 5.90. The lowest BCUT2D eigenvalue weighted by molar-refractivity contribution is -0.204. The number of ether oxygens (including phenoxy) is 2. The molecule has 0 aliphatic carbocycles. The van der Waals surface area contributed by atoms with Gasteiger partial charge >= 0.3 is 5.97 Å². The predicted molar refractivity (Wildman–Crippen MR) is 155 cm³/mol. The smallest absolute Gasteiger partial charge is 0.338 e. The van der Waals surface area contributed by atoms with Crippen molar-refractivity contribution in [1.82, 2.24) is 9.80 Å². The summed E-state index contributed by atoms with van der Waals surface area (Å²) in [5.41, 5.74) is 3.17. The van der Waals surface area contributed by atoms with Gasteiger partial charge in [0.15, 0.2) is 12.2 Å². The van der Waals surface area contributed by atoms with Crippen LogP contribution in [-0.2, 0) is 34.0 Å². The molecule has 1 fully saturated rings. The second kappa shape index (κ2) is 13.4. The molecule has 41 heavy (non-hydrogen) atoms. The number of esters is 1. The average Bonchev–Trinajstić information content (AvgIpc) is 3.01. The molecule has 0 saturated carbocycles. The number of hydrogen-bond donors (Lipinski definition) is 1. The van der Waals surface area contributed by atoms with Gasteiger partial charge in [0.1, 0.15) is 12.3 Å². The van der Waals surface area contributed by atoms with E-state index >= 15 is 0 Å². The van der Waals surface area contributed by atoms with Gasteiger partial charge < -0.3 is 19.5 Å². The molecule has 4 aromatic rings. The average molecular weight is 551 g/mol. The van der Waals surface area contributed by atoms with Gasteiger partial charge in [0, 0.05) is 13.1 Å². The van der Waals surface area contributed by atoms with E-state index in [1.807, 2.05) is 109 Å². The van der Waals surface area contributed by atoms with Gasteiger partial charge in [-0.25, -0.2) is 4.79 Å². The summed E-state index contributed by atoms with van der Waals surface area (Å²) in [5, 5.41) is 11.4. The third kappa shape index (κ3) is 6.89. The lowest BCUT2D eigenvalue weighted by Crippen LogP contribution is -2.69. The summed E-state index contributed by atoms with van der Waals surface area (Å²) in [5.74, 6) is -1.04. The van der Waals surface area contributed by atoms with Gasteiger partial charge in [-0.15, -0.1) is 0 Å². The van der Waals surface area contributed by atoms with Crippen molar-refractivity contribution in [3.05, 3.63) is 144 Å². The minimum absolute atomic E-state index is 0.142. The number of likely N-dealkylation sites (N-methyl/N-ethyl adjacent to an activating group) is 1. The molecule has 0 radical (unpaired) electrons. The van der Waals surface area contributed by atoms with Gasteiger partial charge in [-0.3, -0.25) is 9.69 Å². The molecule has 7 heteroatoms. The van der Waals surface area contributed by atoms with E-state index in [1.54, 1.807) is 29.2 Å². The number of aliphatic hydroxyl groups is 1. The van der Waals surface area contributed by atoms with E-state index in [1.165, 1.54) is 0 Å². The van der Waals surface area contributed by atoms with Crippen LogP contribution in [0.25, 0.3) is 0 Å². The van der Waals surface area contributed by atoms with Crippen molar-refractivity contribution in [3.8, 4) is 0 Å². The fourth-order valence-electron chi connectivity index (χ4n) is 5.22. The van der Waals surface area contributed by atoms with Crippen LogP contribution in [0.15, 0.2) is 121 Å². The summed E-state index contributed by atoms with van der Waals surface area (Å²) < 4.78 is 12.4. The first-order chi connectivity index (χ1) is 20.0. The molecule has 0 bridgehead atoms.